The van der Waals surface area contributed by atoms with Crippen LogP contribution in [0.1, 0.15) is 18.5 Å². The predicted molar refractivity (Wildman–Crippen MR) is 66.3 cm³/mol. The normalized spacial score (nSPS) is 23.9. The van der Waals surface area contributed by atoms with Gasteiger partial charge in [-0.25, -0.2) is 13.1 Å². The molecule has 2 rings (SSSR count). The predicted octanol–water partition coefficient (Wildman–Crippen LogP) is -0.640. The first-order valence-electron chi connectivity index (χ1n) is 5.78. The molecule has 1 fully saturated rings. The number of anilines is 1. The van der Waals surface area contributed by atoms with Crippen LogP contribution in [0.25, 0.3) is 0 Å². The molecule has 0 saturated heterocycles. The van der Waals surface area contributed by atoms with Crippen molar-refractivity contribution in [3.63, 3.8) is 0 Å². The van der Waals surface area contributed by atoms with Gasteiger partial charge in [0.1, 0.15) is 4.90 Å². The summed E-state index contributed by atoms with van der Waals surface area (Å²) >= 11 is 0. The van der Waals surface area contributed by atoms with E-state index >= 15 is 0 Å². The molecular weight excluding hydrogens is 256 g/mol. The maximum Gasteiger partial charge on any atom is 0.246 e. The molecule has 0 amide bonds. The van der Waals surface area contributed by atoms with E-state index in [1.807, 2.05) is 0 Å². The number of hydrogen-bond acceptors (Lipinski definition) is 5. The standard InChI is InChI=1S/C10H18N4O3S/c1-6-9(10(11)13-14(6)2)18(16,17)12-5-7-3-8(15)4-7/h7-8,12,15H,3-5H2,1-2H3,(H2,11,13). The maximum absolute atomic E-state index is 12.1. The highest BCUT2D eigenvalue weighted by Crippen LogP contribution is 2.27. The van der Waals surface area contributed by atoms with Crippen molar-refractivity contribution in [2.24, 2.45) is 13.0 Å². The summed E-state index contributed by atoms with van der Waals surface area (Å²) in [4.78, 5) is 0.0462. The van der Waals surface area contributed by atoms with E-state index in [0.717, 1.165) is 0 Å². The smallest absolute Gasteiger partial charge is 0.246 e. The fraction of sp³-hybridized carbons (Fsp3) is 0.700. The van der Waals surface area contributed by atoms with Gasteiger partial charge < -0.3 is 10.8 Å². The molecule has 1 aromatic heterocycles. The van der Waals surface area contributed by atoms with Crippen LogP contribution in [0, 0.1) is 12.8 Å². The van der Waals surface area contributed by atoms with Crippen molar-refractivity contribution in [1.29, 1.82) is 0 Å². The van der Waals surface area contributed by atoms with Crippen molar-refractivity contribution in [3.8, 4) is 0 Å². The Balaban J connectivity index is 2.10. The molecule has 0 aromatic carbocycles. The second-order valence-corrected chi connectivity index (χ2v) is 6.47. The van der Waals surface area contributed by atoms with Gasteiger partial charge in [0, 0.05) is 13.6 Å². The van der Waals surface area contributed by atoms with Crippen LogP contribution in [0.3, 0.4) is 0 Å². The summed E-state index contributed by atoms with van der Waals surface area (Å²) in [6, 6.07) is 0. The first kappa shape index (κ1) is 13.3. The van der Waals surface area contributed by atoms with Crippen molar-refractivity contribution in [2.75, 3.05) is 12.3 Å². The molecule has 8 heteroatoms. The van der Waals surface area contributed by atoms with Gasteiger partial charge in [0.05, 0.1) is 11.8 Å². The zero-order chi connectivity index (χ0) is 13.5. The Morgan fingerprint density at radius 1 is 1.56 bits per heavy atom. The van der Waals surface area contributed by atoms with Crippen molar-refractivity contribution in [3.05, 3.63) is 5.69 Å². The Hall–Kier alpha value is -1.12. The van der Waals surface area contributed by atoms with Crippen molar-refractivity contribution in [2.45, 2.75) is 30.8 Å². The molecule has 102 valence electrons. The van der Waals surface area contributed by atoms with Crippen LogP contribution in [0.15, 0.2) is 4.90 Å². The Morgan fingerprint density at radius 3 is 2.61 bits per heavy atom. The van der Waals surface area contributed by atoms with Gasteiger partial charge in [-0.2, -0.15) is 5.10 Å². The van der Waals surface area contributed by atoms with Gasteiger partial charge in [0.15, 0.2) is 5.82 Å². The Bertz CT molecular complexity index is 546. The van der Waals surface area contributed by atoms with E-state index in [4.69, 9.17) is 10.8 Å². The number of aromatic nitrogens is 2. The molecule has 7 nitrogen and oxygen atoms in total. The molecule has 1 heterocycles. The average molecular weight is 274 g/mol. The quantitative estimate of drug-likeness (QED) is 0.676. The van der Waals surface area contributed by atoms with E-state index in [0.29, 0.717) is 25.1 Å². The molecule has 0 bridgehead atoms. The topological polar surface area (TPSA) is 110 Å². The molecule has 1 aromatic rings. The number of aliphatic hydroxyl groups is 1. The largest absolute Gasteiger partial charge is 0.393 e. The van der Waals surface area contributed by atoms with Crippen molar-refractivity contribution < 1.29 is 13.5 Å². The highest BCUT2D eigenvalue weighted by atomic mass is 32.2. The molecule has 1 aliphatic carbocycles. The van der Waals surface area contributed by atoms with Gasteiger partial charge >= 0.3 is 0 Å². The first-order valence-corrected chi connectivity index (χ1v) is 7.26. The first-order chi connectivity index (χ1) is 8.31. The van der Waals surface area contributed by atoms with Crippen molar-refractivity contribution in [1.82, 2.24) is 14.5 Å². The highest BCUT2D eigenvalue weighted by molar-refractivity contribution is 7.89. The lowest BCUT2D eigenvalue weighted by molar-refractivity contribution is 0.0453. The van der Waals surface area contributed by atoms with Gasteiger partial charge in [-0.05, 0) is 25.7 Å². The van der Waals surface area contributed by atoms with Crippen LogP contribution < -0.4 is 10.5 Å². The third-order valence-electron chi connectivity index (χ3n) is 3.35. The van der Waals surface area contributed by atoms with Gasteiger partial charge in [-0.15, -0.1) is 0 Å². The van der Waals surface area contributed by atoms with Gasteiger partial charge in [-0.3, -0.25) is 4.68 Å². The highest BCUT2D eigenvalue weighted by Gasteiger charge is 2.30. The Morgan fingerprint density at radius 2 is 2.17 bits per heavy atom. The van der Waals surface area contributed by atoms with Gasteiger partial charge in [0.25, 0.3) is 0 Å². The Kier molecular flexibility index (Phi) is 3.35. The van der Waals surface area contributed by atoms with E-state index in [1.165, 1.54) is 4.68 Å². The second kappa shape index (κ2) is 4.52. The van der Waals surface area contributed by atoms with Gasteiger partial charge in [0.2, 0.25) is 10.0 Å². The van der Waals surface area contributed by atoms with E-state index < -0.39 is 10.0 Å². The molecule has 4 N–H and O–H groups in total. The van der Waals surface area contributed by atoms with Crippen LogP contribution in [0.4, 0.5) is 5.82 Å². The van der Waals surface area contributed by atoms with Gasteiger partial charge in [-0.1, -0.05) is 0 Å². The van der Waals surface area contributed by atoms with Crippen LogP contribution in [0.5, 0.6) is 0 Å². The lowest BCUT2D eigenvalue weighted by atomic mass is 9.83. The number of aryl methyl sites for hydroxylation is 1. The summed E-state index contributed by atoms with van der Waals surface area (Å²) in [5, 5.41) is 13.0. The SMILES string of the molecule is Cc1c(S(=O)(=O)NCC2CC(O)C2)c(N)nn1C. The second-order valence-electron chi connectivity index (χ2n) is 4.77. The van der Waals surface area contributed by atoms with Crippen molar-refractivity contribution >= 4 is 15.8 Å². The minimum Gasteiger partial charge on any atom is -0.393 e. The molecule has 1 saturated carbocycles. The van der Waals surface area contributed by atoms with E-state index in [9.17, 15) is 8.42 Å². The maximum atomic E-state index is 12.1. The molecule has 0 radical (unpaired) electrons. The summed E-state index contributed by atoms with van der Waals surface area (Å²) in [5.41, 5.74) is 6.12. The minimum atomic E-state index is -3.63. The lowest BCUT2D eigenvalue weighted by Crippen LogP contribution is -2.38. The average Bonchev–Trinajstić information content (AvgIpc) is 2.47. The zero-order valence-corrected chi connectivity index (χ0v) is 11.2. The summed E-state index contributed by atoms with van der Waals surface area (Å²) in [6.45, 7) is 1.98. The molecular formula is C10H18N4O3S. The molecule has 0 atom stereocenters. The molecule has 0 unspecified atom stereocenters. The molecule has 0 aliphatic heterocycles. The monoisotopic (exact) mass is 274 g/mol. The number of hydrogen-bond donors (Lipinski definition) is 3. The molecule has 1 aliphatic rings. The number of sulfonamides is 1. The zero-order valence-electron chi connectivity index (χ0n) is 10.4. The van der Waals surface area contributed by atoms with Crippen LogP contribution in [0.2, 0.25) is 0 Å². The third-order valence-corrected chi connectivity index (χ3v) is 4.93. The fourth-order valence-corrected chi connectivity index (χ4v) is 3.55. The number of rotatable bonds is 4. The van der Waals surface area contributed by atoms with Crippen LogP contribution in [-0.2, 0) is 17.1 Å². The number of nitrogens with one attached hydrogen (secondary N) is 1. The summed E-state index contributed by atoms with van der Waals surface area (Å²) in [5.74, 6) is 0.212. The lowest BCUT2D eigenvalue weighted by Gasteiger charge is -2.31. The van der Waals surface area contributed by atoms with E-state index in [-0.39, 0.29) is 22.7 Å². The van der Waals surface area contributed by atoms with E-state index in [1.54, 1.807) is 14.0 Å². The summed E-state index contributed by atoms with van der Waals surface area (Å²) in [7, 11) is -1.98. The Labute approximate surface area is 106 Å². The van der Waals surface area contributed by atoms with E-state index in [2.05, 4.69) is 9.82 Å². The fourth-order valence-electron chi connectivity index (χ4n) is 2.11. The number of nitrogens with two attached hydrogens (primary N) is 1. The number of nitrogen functional groups attached to an aromatic ring is 1. The third kappa shape index (κ3) is 2.36. The number of nitrogens with zero attached hydrogens (tertiary/aromatic N) is 2. The minimum absolute atomic E-state index is 0.0103. The summed E-state index contributed by atoms with van der Waals surface area (Å²) in [6.07, 6.45) is 0.998. The molecule has 0 spiro atoms. The van der Waals surface area contributed by atoms with Crippen LogP contribution in [-0.4, -0.2) is 36.0 Å². The number of aliphatic hydroxyl groups excluding tert-OH is 1. The summed E-state index contributed by atoms with van der Waals surface area (Å²) < 4.78 is 28.2. The molecule has 18 heavy (non-hydrogen) atoms. The van der Waals surface area contributed by atoms with Crippen LogP contribution >= 0.6 is 0 Å².